The maximum atomic E-state index is 2.45. The second-order valence-electron chi connectivity index (χ2n) is 5.22. The summed E-state index contributed by atoms with van der Waals surface area (Å²) in [4.78, 5) is 2.45. The van der Waals surface area contributed by atoms with Gasteiger partial charge < -0.3 is 0 Å². The zero-order chi connectivity index (χ0) is 18.6. The van der Waals surface area contributed by atoms with Crippen LogP contribution in [0.3, 0.4) is 0 Å². The fraction of sp³-hybridized carbons (Fsp3) is 0.714. The lowest BCUT2D eigenvalue weighted by atomic mass is 9.91. The average Bonchev–Trinajstić information content (AvgIpc) is 2.74. The van der Waals surface area contributed by atoms with Crippen molar-refractivity contribution in [1.29, 1.82) is 0 Å². The van der Waals surface area contributed by atoms with Crippen LogP contribution in [0.1, 0.15) is 94.2 Å². The summed E-state index contributed by atoms with van der Waals surface area (Å²) in [6.07, 6.45) is 0. The Balaban J connectivity index is -0.000000394. The molecular weight excluding hydrogens is 266 g/mol. The van der Waals surface area contributed by atoms with Crippen molar-refractivity contribution in [3.8, 4) is 0 Å². The third-order valence-electron chi connectivity index (χ3n) is 3.92. The van der Waals surface area contributed by atoms with Gasteiger partial charge in [0.05, 0.1) is 0 Å². The summed E-state index contributed by atoms with van der Waals surface area (Å²) < 4.78 is 0. The molecule has 132 valence electrons. The van der Waals surface area contributed by atoms with Gasteiger partial charge in [0.2, 0.25) is 0 Å². The van der Waals surface area contributed by atoms with Gasteiger partial charge in [-0.1, -0.05) is 79.7 Å². The maximum absolute atomic E-state index is 2.45. The molecule has 0 saturated carbocycles. The molecule has 0 spiro atoms. The van der Waals surface area contributed by atoms with Crippen molar-refractivity contribution >= 4 is 0 Å². The van der Waals surface area contributed by atoms with Crippen LogP contribution in [0.15, 0.2) is 24.3 Å². The van der Waals surface area contributed by atoms with Gasteiger partial charge in [0.15, 0.2) is 0 Å². The van der Waals surface area contributed by atoms with Crippen LogP contribution in [0.5, 0.6) is 0 Å². The lowest BCUT2D eigenvalue weighted by molar-refractivity contribution is 0.0730. The smallest absolute Gasteiger partial charge is 0.0413 e. The minimum Gasteiger partial charge on any atom is -0.288 e. The minimum absolute atomic E-state index is 0.153. The quantitative estimate of drug-likeness (QED) is 0.489. The van der Waals surface area contributed by atoms with Crippen molar-refractivity contribution < 1.29 is 0 Å². The first-order valence-corrected chi connectivity index (χ1v) is 9.22. The predicted octanol–water partition coefficient (Wildman–Crippen LogP) is 7.21. The first-order chi connectivity index (χ1) is 10.4. The highest BCUT2D eigenvalue weighted by Gasteiger charge is 2.46. The van der Waals surface area contributed by atoms with E-state index < -0.39 is 0 Å². The number of hydrogen-bond acceptors (Lipinski definition) is 1. The number of benzene rings is 1. The van der Waals surface area contributed by atoms with E-state index in [0.717, 1.165) is 0 Å². The van der Waals surface area contributed by atoms with Crippen LogP contribution in [0.4, 0.5) is 0 Å². The molecule has 0 fully saturated rings. The van der Waals surface area contributed by atoms with Gasteiger partial charge in [0.25, 0.3) is 0 Å². The van der Waals surface area contributed by atoms with Crippen LogP contribution < -0.4 is 0 Å². The first kappa shape index (κ1) is 26.1. The summed E-state index contributed by atoms with van der Waals surface area (Å²) in [6.45, 7) is 25.2. The van der Waals surface area contributed by atoms with E-state index in [9.17, 15) is 0 Å². The normalized spacial score (nSPS) is 16.0. The largest absolute Gasteiger partial charge is 0.288 e. The molecule has 1 aromatic carbocycles. The molecule has 0 aromatic heterocycles. The van der Waals surface area contributed by atoms with E-state index in [0.29, 0.717) is 0 Å². The molecule has 0 saturated heterocycles. The van der Waals surface area contributed by atoms with E-state index in [1.807, 2.05) is 55.4 Å². The average molecular weight is 310 g/mol. The molecule has 0 radical (unpaired) electrons. The monoisotopic (exact) mass is 309 g/mol. The molecule has 0 unspecified atom stereocenters. The molecule has 1 nitrogen and oxygen atoms in total. The van der Waals surface area contributed by atoms with Crippen LogP contribution >= 0.6 is 0 Å². The van der Waals surface area contributed by atoms with Gasteiger partial charge in [-0.05, 0) is 45.9 Å². The molecular formula is C21H43N. The van der Waals surface area contributed by atoms with Crippen molar-refractivity contribution in [3.05, 3.63) is 35.4 Å². The second-order valence-corrected chi connectivity index (χ2v) is 5.22. The molecule has 1 heteroatoms. The number of rotatable bonds is 0. The van der Waals surface area contributed by atoms with Crippen molar-refractivity contribution in [2.24, 2.45) is 0 Å². The number of fused-ring (bicyclic) bond motifs is 1. The SMILES string of the molecule is CC.CC.CC.CC.CN1C(C)(C)c2ccccc2C1(C)C. The minimum atomic E-state index is 0.153. The van der Waals surface area contributed by atoms with Crippen LogP contribution in [0.25, 0.3) is 0 Å². The molecule has 22 heavy (non-hydrogen) atoms. The van der Waals surface area contributed by atoms with Gasteiger partial charge >= 0.3 is 0 Å². The van der Waals surface area contributed by atoms with Crippen LogP contribution in [-0.4, -0.2) is 11.9 Å². The van der Waals surface area contributed by atoms with E-state index >= 15 is 0 Å². The molecule has 0 N–H and O–H groups in total. The Hall–Kier alpha value is -0.820. The Morgan fingerprint density at radius 3 is 1.05 bits per heavy atom. The maximum Gasteiger partial charge on any atom is 0.0413 e. The van der Waals surface area contributed by atoms with Gasteiger partial charge in [-0.3, -0.25) is 4.90 Å². The van der Waals surface area contributed by atoms with Crippen molar-refractivity contribution in [1.82, 2.24) is 4.90 Å². The van der Waals surface area contributed by atoms with Gasteiger partial charge in [-0.15, -0.1) is 0 Å². The molecule has 2 rings (SSSR count). The van der Waals surface area contributed by atoms with E-state index in [2.05, 4.69) is 63.9 Å². The highest BCUT2D eigenvalue weighted by atomic mass is 15.2. The fourth-order valence-electron chi connectivity index (χ4n) is 2.61. The van der Waals surface area contributed by atoms with E-state index in [4.69, 9.17) is 0 Å². The van der Waals surface area contributed by atoms with E-state index in [1.54, 1.807) is 0 Å². The zero-order valence-corrected chi connectivity index (χ0v) is 17.8. The van der Waals surface area contributed by atoms with Crippen molar-refractivity contribution in [2.45, 2.75) is 94.2 Å². The molecule has 1 aromatic rings. The third kappa shape index (κ3) is 5.43. The molecule has 1 heterocycles. The summed E-state index contributed by atoms with van der Waals surface area (Å²) >= 11 is 0. The Kier molecular flexibility index (Phi) is 15.1. The van der Waals surface area contributed by atoms with Gasteiger partial charge in [-0.2, -0.15) is 0 Å². The second kappa shape index (κ2) is 12.7. The third-order valence-corrected chi connectivity index (χ3v) is 3.92. The highest BCUT2D eigenvalue weighted by Crippen LogP contribution is 2.47. The van der Waals surface area contributed by atoms with E-state index in [-0.39, 0.29) is 11.1 Å². The lowest BCUT2D eigenvalue weighted by Crippen LogP contribution is -2.42. The van der Waals surface area contributed by atoms with Crippen LogP contribution in [-0.2, 0) is 11.1 Å². The van der Waals surface area contributed by atoms with E-state index in [1.165, 1.54) is 11.1 Å². The predicted molar refractivity (Wildman–Crippen MR) is 106 cm³/mol. The Bertz CT molecular complexity index is 329. The molecule has 0 atom stereocenters. The Morgan fingerprint density at radius 2 is 0.818 bits per heavy atom. The van der Waals surface area contributed by atoms with Crippen LogP contribution in [0.2, 0.25) is 0 Å². The fourth-order valence-corrected chi connectivity index (χ4v) is 2.61. The molecule has 0 aliphatic carbocycles. The summed E-state index contributed by atoms with van der Waals surface area (Å²) in [5.41, 5.74) is 3.24. The van der Waals surface area contributed by atoms with Crippen molar-refractivity contribution in [2.75, 3.05) is 7.05 Å². The molecule has 0 bridgehead atoms. The zero-order valence-electron chi connectivity index (χ0n) is 17.8. The highest BCUT2D eigenvalue weighted by molar-refractivity contribution is 5.42. The van der Waals surface area contributed by atoms with Crippen molar-refractivity contribution in [3.63, 3.8) is 0 Å². The topological polar surface area (TPSA) is 3.24 Å². The van der Waals surface area contributed by atoms with Gasteiger partial charge in [0.1, 0.15) is 0 Å². The summed E-state index contributed by atoms with van der Waals surface area (Å²) in [5.74, 6) is 0. The Morgan fingerprint density at radius 1 is 0.591 bits per heavy atom. The van der Waals surface area contributed by atoms with Crippen LogP contribution in [0, 0.1) is 0 Å². The Labute approximate surface area is 142 Å². The lowest BCUT2D eigenvalue weighted by Gasteiger charge is -2.37. The summed E-state index contributed by atoms with van der Waals surface area (Å²) in [6, 6.07) is 8.77. The molecule has 1 aliphatic rings. The summed E-state index contributed by atoms with van der Waals surface area (Å²) in [7, 11) is 2.21. The van der Waals surface area contributed by atoms with Gasteiger partial charge in [0, 0.05) is 11.1 Å². The number of hydrogen-bond donors (Lipinski definition) is 0. The summed E-state index contributed by atoms with van der Waals surface area (Å²) in [5, 5.41) is 0. The molecule has 1 aliphatic heterocycles. The standard InChI is InChI=1S/C13H19N.4C2H6/c1-12(2)10-8-6-7-9-11(10)13(3,4)14(12)5;4*1-2/h6-9H,1-5H3;4*1-2H3. The first-order valence-electron chi connectivity index (χ1n) is 9.22. The van der Waals surface area contributed by atoms with Gasteiger partial charge in [-0.25, -0.2) is 0 Å². The molecule has 0 amide bonds. The number of nitrogens with zero attached hydrogens (tertiary/aromatic N) is 1.